The summed E-state index contributed by atoms with van der Waals surface area (Å²) >= 11 is 0. The van der Waals surface area contributed by atoms with Crippen molar-refractivity contribution in [2.75, 3.05) is 39.3 Å². The van der Waals surface area contributed by atoms with Gasteiger partial charge in [-0.1, -0.05) is 24.8 Å². The number of piperazine rings is 1. The van der Waals surface area contributed by atoms with Crippen molar-refractivity contribution >= 4 is 28.6 Å². The standard InChI is InChI=1S/C22H26N4O3/c1-2-20(27)26-9-5-7-17(15-26)21(28)24-10-12-25(13-11-24)22(29)19-14-16-6-3-4-8-18(16)23-19/h2-4,6,8,14,17,23H,1,5,7,9-13,15H2. The van der Waals surface area contributed by atoms with Gasteiger partial charge in [-0.05, 0) is 31.1 Å². The molecule has 3 heterocycles. The molecular weight excluding hydrogens is 368 g/mol. The molecule has 1 unspecified atom stereocenters. The number of rotatable bonds is 3. The van der Waals surface area contributed by atoms with Gasteiger partial charge >= 0.3 is 0 Å². The zero-order chi connectivity index (χ0) is 20.4. The summed E-state index contributed by atoms with van der Waals surface area (Å²) in [5, 5.41) is 1.01. The zero-order valence-electron chi connectivity index (χ0n) is 16.5. The van der Waals surface area contributed by atoms with Crippen LogP contribution in [0, 0.1) is 5.92 Å². The lowest BCUT2D eigenvalue weighted by Gasteiger charge is -2.38. The molecule has 2 aromatic rings. The van der Waals surface area contributed by atoms with E-state index >= 15 is 0 Å². The number of fused-ring (bicyclic) bond motifs is 1. The Hall–Kier alpha value is -3.09. The monoisotopic (exact) mass is 394 g/mol. The first-order valence-electron chi connectivity index (χ1n) is 10.1. The van der Waals surface area contributed by atoms with Gasteiger partial charge in [-0.15, -0.1) is 0 Å². The molecular formula is C22H26N4O3. The Bertz CT molecular complexity index is 909. The van der Waals surface area contributed by atoms with Crippen LogP contribution in [0.25, 0.3) is 10.9 Å². The van der Waals surface area contributed by atoms with Gasteiger partial charge in [0.15, 0.2) is 0 Å². The highest BCUT2D eigenvalue weighted by Gasteiger charge is 2.33. The summed E-state index contributed by atoms with van der Waals surface area (Å²) in [5.74, 6) is -0.224. The number of benzene rings is 1. The van der Waals surface area contributed by atoms with E-state index in [1.807, 2.05) is 35.2 Å². The molecule has 1 aromatic heterocycles. The normalized spacial score (nSPS) is 20.0. The van der Waals surface area contributed by atoms with Crippen molar-refractivity contribution in [3.05, 3.63) is 48.7 Å². The molecule has 4 rings (SSSR count). The number of para-hydroxylation sites is 1. The molecule has 3 amide bonds. The molecule has 152 valence electrons. The number of piperidine rings is 1. The Labute approximate surface area is 169 Å². The van der Waals surface area contributed by atoms with Gasteiger partial charge in [0.1, 0.15) is 5.69 Å². The maximum atomic E-state index is 12.9. The Balaban J connectivity index is 1.35. The highest BCUT2D eigenvalue weighted by Crippen LogP contribution is 2.21. The number of hydrogen-bond donors (Lipinski definition) is 1. The molecule has 0 radical (unpaired) electrons. The van der Waals surface area contributed by atoms with Crippen molar-refractivity contribution in [1.29, 1.82) is 0 Å². The summed E-state index contributed by atoms with van der Waals surface area (Å²) in [4.78, 5) is 46.1. The fraction of sp³-hybridized carbons (Fsp3) is 0.409. The first kappa shape index (κ1) is 19.2. The average molecular weight is 394 g/mol. The summed E-state index contributed by atoms with van der Waals surface area (Å²) in [6.07, 6.45) is 2.93. The number of carbonyl (C=O) groups excluding carboxylic acids is 3. The average Bonchev–Trinajstić information content (AvgIpc) is 3.22. The van der Waals surface area contributed by atoms with Crippen molar-refractivity contribution in [3.63, 3.8) is 0 Å². The van der Waals surface area contributed by atoms with Crippen LogP contribution in [-0.4, -0.2) is 76.7 Å². The first-order valence-corrected chi connectivity index (χ1v) is 10.1. The van der Waals surface area contributed by atoms with Gasteiger partial charge in [0.05, 0.1) is 5.92 Å². The summed E-state index contributed by atoms with van der Waals surface area (Å²) in [7, 11) is 0. The van der Waals surface area contributed by atoms with Crippen LogP contribution in [-0.2, 0) is 9.59 Å². The third-order valence-corrected chi connectivity index (χ3v) is 5.90. The van der Waals surface area contributed by atoms with Crippen molar-refractivity contribution in [3.8, 4) is 0 Å². The molecule has 2 fully saturated rings. The lowest BCUT2D eigenvalue weighted by Crippen LogP contribution is -2.54. The number of nitrogens with one attached hydrogen (secondary N) is 1. The number of H-pyrrole nitrogens is 1. The molecule has 1 atom stereocenters. The highest BCUT2D eigenvalue weighted by molar-refractivity contribution is 5.98. The molecule has 2 aliphatic rings. The molecule has 2 saturated heterocycles. The Kier molecular flexibility index (Phi) is 5.38. The Morgan fingerprint density at radius 2 is 1.72 bits per heavy atom. The quantitative estimate of drug-likeness (QED) is 0.808. The summed E-state index contributed by atoms with van der Waals surface area (Å²) < 4.78 is 0. The second-order valence-electron chi connectivity index (χ2n) is 7.72. The van der Waals surface area contributed by atoms with Crippen molar-refractivity contribution in [1.82, 2.24) is 19.7 Å². The van der Waals surface area contributed by atoms with Crippen LogP contribution in [0.4, 0.5) is 0 Å². The van der Waals surface area contributed by atoms with Crippen LogP contribution in [0.1, 0.15) is 23.3 Å². The molecule has 0 spiro atoms. The fourth-order valence-electron chi connectivity index (χ4n) is 4.26. The predicted octanol–water partition coefficient (Wildman–Crippen LogP) is 1.88. The van der Waals surface area contributed by atoms with E-state index in [1.54, 1.807) is 9.80 Å². The van der Waals surface area contributed by atoms with Crippen LogP contribution in [0.15, 0.2) is 43.0 Å². The number of amides is 3. The maximum absolute atomic E-state index is 12.9. The number of carbonyl (C=O) groups is 3. The van der Waals surface area contributed by atoms with Crippen molar-refractivity contribution in [2.45, 2.75) is 12.8 Å². The van der Waals surface area contributed by atoms with Crippen molar-refractivity contribution in [2.24, 2.45) is 5.92 Å². The van der Waals surface area contributed by atoms with Gasteiger partial charge in [-0.3, -0.25) is 14.4 Å². The lowest BCUT2D eigenvalue weighted by molar-refractivity contribution is -0.140. The summed E-state index contributed by atoms with van der Waals surface area (Å²) in [6, 6.07) is 9.69. The van der Waals surface area contributed by atoms with E-state index in [9.17, 15) is 14.4 Å². The third-order valence-electron chi connectivity index (χ3n) is 5.90. The molecule has 7 heteroatoms. The predicted molar refractivity (Wildman–Crippen MR) is 110 cm³/mol. The highest BCUT2D eigenvalue weighted by atomic mass is 16.2. The van der Waals surface area contributed by atoms with Crippen LogP contribution in [0.3, 0.4) is 0 Å². The van der Waals surface area contributed by atoms with E-state index in [4.69, 9.17) is 0 Å². The van der Waals surface area contributed by atoms with Gasteiger partial charge in [0.25, 0.3) is 5.91 Å². The smallest absolute Gasteiger partial charge is 0.270 e. The lowest BCUT2D eigenvalue weighted by atomic mass is 9.96. The maximum Gasteiger partial charge on any atom is 0.270 e. The molecule has 1 N–H and O–H groups in total. The fourth-order valence-corrected chi connectivity index (χ4v) is 4.26. The number of aromatic amines is 1. The SMILES string of the molecule is C=CC(=O)N1CCCC(C(=O)N2CCN(C(=O)c3cc4ccccc4[nH]3)CC2)C1. The largest absolute Gasteiger partial charge is 0.351 e. The van der Waals surface area contributed by atoms with E-state index < -0.39 is 0 Å². The van der Waals surface area contributed by atoms with Crippen LogP contribution in [0.2, 0.25) is 0 Å². The molecule has 0 saturated carbocycles. The van der Waals surface area contributed by atoms with Gasteiger partial charge in [0.2, 0.25) is 11.8 Å². The number of aromatic nitrogens is 1. The minimum Gasteiger partial charge on any atom is -0.351 e. The van der Waals surface area contributed by atoms with Crippen LogP contribution < -0.4 is 0 Å². The van der Waals surface area contributed by atoms with E-state index in [-0.39, 0.29) is 23.6 Å². The molecule has 0 bridgehead atoms. The number of nitrogens with zero attached hydrogens (tertiary/aromatic N) is 3. The zero-order valence-corrected chi connectivity index (χ0v) is 16.5. The summed E-state index contributed by atoms with van der Waals surface area (Å²) in [5.41, 5.74) is 1.53. The topological polar surface area (TPSA) is 76.7 Å². The minimum absolute atomic E-state index is 0.0336. The number of likely N-dealkylation sites (tertiary alicyclic amines) is 1. The Morgan fingerprint density at radius 1 is 1.00 bits per heavy atom. The molecule has 7 nitrogen and oxygen atoms in total. The molecule has 2 aliphatic heterocycles. The molecule has 0 aliphatic carbocycles. The van der Waals surface area contributed by atoms with E-state index in [0.29, 0.717) is 45.0 Å². The van der Waals surface area contributed by atoms with E-state index in [1.165, 1.54) is 6.08 Å². The van der Waals surface area contributed by atoms with Gasteiger partial charge in [0, 0.05) is 50.2 Å². The summed E-state index contributed by atoms with van der Waals surface area (Å²) in [6.45, 7) is 6.75. The van der Waals surface area contributed by atoms with Gasteiger partial charge < -0.3 is 19.7 Å². The van der Waals surface area contributed by atoms with Crippen LogP contribution in [0.5, 0.6) is 0 Å². The minimum atomic E-state index is -0.163. The molecule has 1 aromatic carbocycles. The van der Waals surface area contributed by atoms with E-state index in [2.05, 4.69) is 11.6 Å². The second-order valence-corrected chi connectivity index (χ2v) is 7.72. The number of hydrogen-bond acceptors (Lipinski definition) is 3. The third kappa shape index (κ3) is 3.90. The van der Waals surface area contributed by atoms with Crippen molar-refractivity contribution < 1.29 is 14.4 Å². The molecule has 29 heavy (non-hydrogen) atoms. The van der Waals surface area contributed by atoms with E-state index in [0.717, 1.165) is 23.7 Å². The Morgan fingerprint density at radius 3 is 2.45 bits per heavy atom. The van der Waals surface area contributed by atoms with Gasteiger partial charge in [-0.25, -0.2) is 0 Å². The van der Waals surface area contributed by atoms with Crippen LogP contribution >= 0.6 is 0 Å². The van der Waals surface area contributed by atoms with Gasteiger partial charge in [-0.2, -0.15) is 0 Å². The first-order chi connectivity index (χ1) is 14.1. The second kappa shape index (κ2) is 8.11.